The summed E-state index contributed by atoms with van der Waals surface area (Å²) >= 11 is 0. The normalized spacial score (nSPS) is 17.1. The average Bonchev–Trinajstić information content (AvgIpc) is 2.92. The number of rotatable bonds is 5. The molecule has 1 fully saturated rings. The lowest BCUT2D eigenvalue weighted by atomic mass is 10.0. The zero-order valence-corrected chi connectivity index (χ0v) is 12.1. The molecule has 3 N–H and O–H groups in total. The highest BCUT2D eigenvalue weighted by Gasteiger charge is 2.24. The molecule has 6 nitrogen and oxygen atoms in total. The molecule has 108 valence electrons. The maximum absolute atomic E-state index is 8.81. The minimum absolute atomic E-state index is 0.229. The molecule has 0 radical (unpaired) electrons. The van der Waals surface area contributed by atoms with Crippen LogP contribution in [0.3, 0.4) is 0 Å². The van der Waals surface area contributed by atoms with Gasteiger partial charge in [0.25, 0.3) is 0 Å². The van der Waals surface area contributed by atoms with E-state index < -0.39 is 0 Å². The monoisotopic (exact) mass is 274 g/mol. The summed E-state index contributed by atoms with van der Waals surface area (Å²) in [6.07, 6.45) is 4.03. The van der Waals surface area contributed by atoms with E-state index in [-0.39, 0.29) is 5.82 Å². The van der Waals surface area contributed by atoms with Crippen LogP contribution in [0.15, 0.2) is 6.20 Å². The molecule has 0 spiro atoms. The van der Waals surface area contributed by atoms with Crippen LogP contribution in [-0.2, 0) is 0 Å². The molecule has 1 unspecified atom stereocenters. The summed E-state index contributed by atoms with van der Waals surface area (Å²) in [5.74, 6) is 1.29. The van der Waals surface area contributed by atoms with Crippen molar-refractivity contribution in [2.24, 2.45) is 5.92 Å². The number of hydrogen-bond acceptors (Lipinski definition) is 6. The van der Waals surface area contributed by atoms with E-state index in [1.165, 1.54) is 32.1 Å². The topological polar surface area (TPSA) is 90.9 Å². The van der Waals surface area contributed by atoms with Gasteiger partial charge in [-0.05, 0) is 31.8 Å². The summed E-state index contributed by atoms with van der Waals surface area (Å²) in [6.45, 7) is 7.60. The highest BCUT2D eigenvalue weighted by Crippen LogP contribution is 2.18. The molecule has 1 saturated heterocycles. The third kappa shape index (κ3) is 3.36. The third-order valence-corrected chi connectivity index (χ3v) is 3.79. The molecular formula is C14H22N6. The van der Waals surface area contributed by atoms with Crippen molar-refractivity contribution >= 4 is 11.8 Å². The molecule has 20 heavy (non-hydrogen) atoms. The molecule has 1 aromatic rings. The molecule has 2 heterocycles. The lowest BCUT2D eigenvalue weighted by Gasteiger charge is -2.30. The molecule has 1 aliphatic heterocycles. The molecule has 0 bridgehead atoms. The maximum atomic E-state index is 8.81. The number of aromatic nitrogens is 2. The summed E-state index contributed by atoms with van der Waals surface area (Å²) < 4.78 is 0. The van der Waals surface area contributed by atoms with Gasteiger partial charge in [0.2, 0.25) is 5.95 Å². The second kappa shape index (κ2) is 6.53. The molecular weight excluding hydrogens is 252 g/mol. The van der Waals surface area contributed by atoms with Gasteiger partial charge in [-0.1, -0.05) is 13.8 Å². The Morgan fingerprint density at radius 2 is 2.15 bits per heavy atom. The summed E-state index contributed by atoms with van der Waals surface area (Å²) in [5, 5.41) is 12.0. The van der Waals surface area contributed by atoms with Crippen LogP contribution in [0.1, 0.15) is 32.3 Å². The summed E-state index contributed by atoms with van der Waals surface area (Å²) in [7, 11) is 0. The van der Waals surface area contributed by atoms with Gasteiger partial charge in [0.05, 0.1) is 6.20 Å². The van der Waals surface area contributed by atoms with Crippen molar-refractivity contribution in [2.45, 2.75) is 32.7 Å². The lowest BCUT2D eigenvalue weighted by molar-refractivity contribution is 0.201. The number of nitriles is 1. The summed E-state index contributed by atoms with van der Waals surface area (Å²) in [6, 6.07) is 2.43. The second-order valence-electron chi connectivity index (χ2n) is 5.54. The number of nitrogens with zero attached hydrogens (tertiary/aromatic N) is 4. The van der Waals surface area contributed by atoms with Gasteiger partial charge in [0, 0.05) is 12.6 Å². The molecule has 1 aromatic heterocycles. The predicted octanol–water partition coefficient (Wildman–Crippen LogP) is 1.46. The van der Waals surface area contributed by atoms with Gasteiger partial charge < -0.3 is 11.1 Å². The van der Waals surface area contributed by atoms with Crippen molar-refractivity contribution in [3.05, 3.63) is 11.8 Å². The van der Waals surface area contributed by atoms with E-state index in [0.717, 1.165) is 6.54 Å². The first kappa shape index (κ1) is 14.5. The average molecular weight is 274 g/mol. The zero-order chi connectivity index (χ0) is 14.5. The van der Waals surface area contributed by atoms with Crippen LogP contribution < -0.4 is 11.1 Å². The van der Waals surface area contributed by atoms with Crippen molar-refractivity contribution in [2.75, 3.05) is 30.7 Å². The Morgan fingerprint density at radius 3 is 2.70 bits per heavy atom. The number of nitrogens with one attached hydrogen (secondary N) is 1. The van der Waals surface area contributed by atoms with E-state index in [9.17, 15) is 0 Å². The minimum Gasteiger partial charge on any atom is -0.382 e. The van der Waals surface area contributed by atoms with E-state index >= 15 is 0 Å². The molecule has 1 atom stereocenters. The standard InChI is InChI=1S/C14H22N6/c1-10(2)12(20-5-3-4-6-20)9-18-14-17-8-11(7-15)13(16)19-14/h8,10,12H,3-6,9H2,1-2H3,(H3,16,17,18,19). The fraction of sp³-hybridized carbons (Fsp3) is 0.643. The Hall–Kier alpha value is -1.87. The van der Waals surface area contributed by atoms with Crippen LogP contribution in [0.25, 0.3) is 0 Å². The van der Waals surface area contributed by atoms with Crippen molar-refractivity contribution in [1.29, 1.82) is 5.26 Å². The quantitative estimate of drug-likeness (QED) is 0.844. The molecule has 0 amide bonds. The third-order valence-electron chi connectivity index (χ3n) is 3.79. The van der Waals surface area contributed by atoms with Crippen LogP contribution in [0.5, 0.6) is 0 Å². The summed E-state index contributed by atoms with van der Waals surface area (Å²) in [4.78, 5) is 10.8. The van der Waals surface area contributed by atoms with Crippen LogP contribution in [0.4, 0.5) is 11.8 Å². The first-order chi connectivity index (χ1) is 9.61. The van der Waals surface area contributed by atoms with E-state index in [4.69, 9.17) is 11.0 Å². The van der Waals surface area contributed by atoms with Gasteiger partial charge in [0.1, 0.15) is 17.5 Å². The highest BCUT2D eigenvalue weighted by molar-refractivity contribution is 5.49. The Kier molecular flexibility index (Phi) is 4.74. The van der Waals surface area contributed by atoms with Crippen LogP contribution >= 0.6 is 0 Å². The second-order valence-corrected chi connectivity index (χ2v) is 5.54. The fourth-order valence-corrected chi connectivity index (χ4v) is 2.62. The van der Waals surface area contributed by atoms with Gasteiger partial charge in [-0.15, -0.1) is 0 Å². The smallest absolute Gasteiger partial charge is 0.224 e. The van der Waals surface area contributed by atoms with Crippen LogP contribution in [0.2, 0.25) is 0 Å². The van der Waals surface area contributed by atoms with Gasteiger partial charge in [0.15, 0.2) is 0 Å². The first-order valence-electron chi connectivity index (χ1n) is 7.12. The van der Waals surface area contributed by atoms with Crippen molar-refractivity contribution < 1.29 is 0 Å². The zero-order valence-electron chi connectivity index (χ0n) is 12.1. The van der Waals surface area contributed by atoms with Crippen LogP contribution in [0, 0.1) is 17.2 Å². The Labute approximate surface area is 120 Å². The van der Waals surface area contributed by atoms with Crippen molar-refractivity contribution in [3.8, 4) is 6.07 Å². The van der Waals surface area contributed by atoms with E-state index in [1.54, 1.807) is 0 Å². The molecule has 0 aromatic carbocycles. The molecule has 2 rings (SSSR count). The predicted molar refractivity (Wildman–Crippen MR) is 79.1 cm³/mol. The van der Waals surface area contributed by atoms with E-state index in [2.05, 4.69) is 34.0 Å². The fourth-order valence-electron chi connectivity index (χ4n) is 2.62. The Bertz CT molecular complexity index is 487. The first-order valence-corrected chi connectivity index (χ1v) is 7.12. The van der Waals surface area contributed by atoms with Gasteiger partial charge in [-0.25, -0.2) is 4.98 Å². The largest absolute Gasteiger partial charge is 0.382 e. The number of likely N-dealkylation sites (tertiary alicyclic amines) is 1. The van der Waals surface area contributed by atoms with Gasteiger partial charge in [-0.3, -0.25) is 4.90 Å². The van der Waals surface area contributed by atoms with Crippen molar-refractivity contribution in [1.82, 2.24) is 14.9 Å². The number of hydrogen-bond donors (Lipinski definition) is 2. The molecule has 0 saturated carbocycles. The number of nitrogens with two attached hydrogens (primary N) is 1. The number of nitrogen functional groups attached to an aromatic ring is 1. The lowest BCUT2D eigenvalue weighted by Crippen LogP contribution is -2.42. The van der Waals surface area contributed by atoms with E-state index in [0.29, 0.717) is 23.5 Å². The number of anilines is 2. The van der Waals surface area contributed by atoms with Gasteiger partial charge >= 0.3 is 0 Å². The molecule has 1 aliphatic rings. The summed E-state index contributed by atoms with van der Waals surface area (Å²) in [5.41, 5.74) is 6.01. The van der Waals surface area contributed by atoms with E-state index in [1.807, 2.05) is 6.07 Å². The van der Waals surface area contributed by atoms with Crippen molar-refractivity contribution in [3.63, 3.8) is 0 Å². The maximum Gasteiger partial charge on any atom is 0.224 e. The minimum atomic E-state index is 0.229. The SMILES string of the molecule is CC(C)C(CNc1ncc(C#N)c(N)n1)N1CCCC1. The Balaban J connectivity index is 1.98. The molecule has 0 aliphatic carbocycles. The molecule has 6 heteroatoms. The van der Waals surface area contributed by atoms with Crippen LogP contribution in [-0.4, -0.2) is 40.5 Å². The Morgan fingerprint density at radius 1 is 1.45 bits per heavy atom. The van der Waals surface area contributed by atoms with Gasteiger partial charge in [-0.2, -0.15) is 10.2 Å². The highest BCUT2D eigenvalue weighted by atomic mass is 15.2.